The van der Waals surface area contributed by atoms with Crippen LogP contribution in [0.3, 0.4) is 0 Å². The Morgan fingerprint density at radius 2 is 2.11 bits per heavy atom. The maximum atomic E-state index is 11.0. The minimum Gasteiger partial charge on any atom is -0.345 e. The molecule has 2 rings (SSSR count). The fraction of sp³-hybridized carbons (Fsp3) is 0.733. The van der Waals surface area contributed by atoms with E-state index in [1.807, 2.05) is 6.92 Å². The van der Waals surface area contributed by atoms with Crippen LogP contribution in [0.2, 0.25) is 0 Å². The van der Waals surface area contributed by atoms with Gasteiger partial charge in [-0.1, -0.05) is 38.0 Å². The lowest BCUT2D eigenvalue weighted by molar-refractivity contribution is 0.112. The SMILES string of the molecule is Cc1nc(N(CCC(C)C)C2CCCC2)sc1C=O. The van der Waals surface area contributed by atoms with Crippen molar-refractivity contribution in [2.45, 2.75) is 58.9 Å². The van der Waals surface area contributed by atoms with Crippen LogP contribution >= 0.6 is 11.3 Å². The first-order chi connectivity index (χ1) is 9.11. The molecule has 1 heterocycles. The zero-order chi connectivity index (χ0) is 13.8. The van der Waals surface area contributed by atoms with Crippen LogP contribution < -0.4 is 4.90 Å². The molecule has 0 N–H and O–H groups in total. The zero-order valence-corrected chi connectivity index (χ0v) is 13.0. The lowest BCUT2D eigenvalue weighted by Crippen LogP contribution is -2.34. The summed E-state index contributed by atoms with van der Waals surface area (Å²) in [5.41, 5.74) is 0.877. The van der Waals surface area contributed by atoms with Crippen LogP contribution in [0.1, 0.15) is 61.3 Å². The Balaban J connectivity index is 2.16. The first-order valence-electron chi connectivity index (χ1n) is 7.31. The number of thiazole rings is 1. The number of carbonyl (C=O) groups excluding carboxylic acids is 1. The maximum Gasteiger partial charge on any atom is 0.186 e. The summed E-state index contributed by atoms with van der Waals surface area (Å²) in [5, 5.41) is 1.05. The van der Waals surface area contributed by atoms with Crippen molar-refractivity contribution in [1.82, 2.24) is 4.98 Å². The van der Waals surface area contributed by atoms with Crippen molar-refractivity contribution in [1.29, 1.82) is 0 Å². The molecule has 0 spiro atoms. The molecule has 0 radical (unpaired) electrons. The highest BCUT2D eigenvalue weighted by molar-refractivity contribution is 7.17. The number of aryl methyl sites for hydroxylation is 1. The van der Waals surface area contributed by atoms with E-state index in [4.69, 9.17) is 0 Å². The Labute approximate surface area is 120 Å². The normalized spacial score (nSPS) is 16.2. The predicted molar refractivity (Wildman–Crippen MR) is 81.3 cm³/mol. The van der Waals surface area contributed by atoms with Crippen molar-refractivity contribution >= 4 is 22.8 Å². The minimum atomic E-state index is 0.629. The van der Waals surface area contributed by atoms with Gasteiger partial charge in [-0.25, -0.2) is 4.98 Å². The van der Waals surface area contributed by atoms with Gasteiger partial charge in [0.25, 0.3) is 0 Å². The number of hydrogen-bond acceptors (Lipinski definition) is 4. The van der Waals surface area contributed by atoms with E-state index in [0.29, 0.717) is 12.0 Å². The summed E-state index contributed by atoms with van der Waals surface area (Å²) in [6.45, 7) is 7.51. The second-order valence-electron chi connectivity index (χ2n) is 5.88. The molecule has 1 aliphatic carbocycles. The van der Waals surface area contributed by atoms with Crippen LogP contribution in [-0.2, 0) is 0 Å². The summed E-state index contributed by atoms with van der Waals surface area (Å²) in [7, 11) is 0. The van der Waals surface area contributed by atoms with Gasteiger partial charge in [0.1, 0.15) is 0 Å². The highest BCUT2D eigenvalue weighted by atomic mass is 32.1. The lowest BCUT2D eigenvalue weighted by atomic mass is 10.1. The smallest absolute Gasteiger partial charge is 0.186 e. The lowest BCUT2D eigenvalue weighted by Gasteiger charge is -2.29. The Morgan fingerprint density at radius 1 is 1.42 bits per heavy atom. The largest absolute Gasteiger partial charge is 0.345 e. The maximum absolute atomic E-state index is 11.0. The molecule has 0 atom stereocenters. The van der Waals surface area contributed by atoms with Gasteiger partial charge in [0.2, 0.25) is 0 Å². The highest BCUT2D eigenvalue weighted by Gasteiger charge is 2.25. The number of rotatable bonds is 6. The van der Waals surface area contributed by atoms with Gasteiger partial charge < -0.3 is 4.90 Å². The molecular weight excluding hydrogens is 256 g/mol. The van der Waals surface area contributed by atoms with Gasteiger partial charge in [0.15, 0.2) is 11.4 Å². The molecule has 0 aliphatic heterocycles. The van der Waals surface area contributed by atoms with Gasteiger partial charge in [-0.15, -0.1) is 0 Å². The van der Waals surface area contributed by atoms with Crippen LogP contribution in [0.5, 0.6) is 0 Å². The average molecular weight is 280 g/mol. The van der Waals surface area contributed by atoms with E-state index in [0.717, 1.165) is 28.5 Å². The first-order valence-corrected chi connectivity index (χ1v) is 8.12. The highest BCUT2D eigenvalue weighted by Crippen LogP contribution is 2.32. The third-order valence-corrected chi connectivity index (χ3v) is 5.01. The van der Waals surface area contributed by atoms with Crippen molar-refractivity contribution in [3.8, 4) is 0 Å². The van der Waals surface area contributed by atoms with E-state index in [1.165, 1.54) is 32.1 Å². The summed E-state index contributed by atoms with van der Waals surface area (Å²) in [6.07, 6.45) is 7.32. The number of hydrogen-bond donors (Lipinski definition) is 0. The average Bonchev–Trinajstić information content (AvgIpc) is 2.99. The van der Waals surface area contributed by atoms with E-state index in [2.05, 4.69) is 23.7 Å². The van der Waals surface area contributed by atoms with Crippen molar-refractivity contribution in [2.75, 3.05) is 11.4 Å². The number of anilines is 1. The van der Waals surface area contributed by atoms with E-state index < -0.39 is 0 Å². The van der Waals surface area contributed by atoms with Crippen LogP contribution in [0.15, 0.2) is 0 Å². The van der Waals surface area contributed by atoms with E-state index in [1.54, 1.807) is 11.3 Å². The van der Waals surface area contributed by atoms with Gasteiger partial charge in [0.05, 0.1) is 10.6 Å². The van der Waals surface area contributed by atoms with Crippen LogP contribution in [0, 0.1) is 12.8 Å². The van der Waals surface area contributed by atoms with Crippen molar-refractivity contribution in [2.24, 2.45) is 5.92 Å². The van der Waals surface area contributed by atoms with E-state index in [9.17, 15) is 4.79 Å². The molecule has 0 bridgehead atoms. The molecule has 0 amide bonds. The fourth-order valence-corrected chi connectivity index (χ4v) is 3.65. The van der Waals surface area contributed by atoms with E-state index >= 15 is 0 Å². The third kappa shape index (κ3) is 3.56. The summed E-state index contributed by atoms with van der Waals surface area (Å²) in [6, 6.07) is 0.629. The van der Waals surface area contributed by atoms with Crippen molar-refractivity contribution in [3.05, 3.63) is 10.6 Å². The Kier molecular flexibility index (Phi) is 4.97. The molecule has 3 nitrogen and oxygen atoms in total. The summed E-state index contributed by atoms with van der Waals surface area (Å²) in [5.74, 6) is 0.704. The first kappa shape index (κ1) is 14.5. The van der Waals surface area contributed by atoms with Crippen molar-refractivity contribution < 1.29 is 4.79 Å². The standard InChI is InChI=1S/C15H24N2OS/c1-11(2)8-9-17(13-6-4-5-7-13)15-16-12(3)14(10-18)19-15/h10-11,13H,4-9H2,1-3H3. The van der Waals surface area contributed by atoms with Gasteiger partial charge in [0, 0.05) is 12.6 Å². The molecule has 1 aromatic heterocycles. The summed E-state index contributed by atoms with van der Waals surface area (Å²) >= 11 is 1.55. The molecule has 0 aromatic carbocycles. The molecule has 106 valence electrons. The molecule has 1 saturated carbocycles. The molecule has 0 saturated heterocycles. The second-order valence-corrected chi connectivity index (χ2v) is 6.89. The number of nitrogens with zero attached hydrogens (tertiary/aromatic N) is 2. The summed E-state index contributed by atoms with van der Waals surface area (Å²) in [4.78, 5) is 18.9. The minimum absolute atomic E-state index is 0.629. The molecule has 0 unspecified atom stereocenters. The monoisotopic (exact) mass is 280 g/mol. The molecule has 1 aromatic rings. The fourth-order valence-electron chi connectivity index (χ4n) is 2.67. The second kappa shape index (κ2) is 6.51. The Bertz CT molecular complexity index is 422. The molecule has 1 fully saturated rings. The van der Waals surface area contributed by atoms with Crippen molar-refractivity contribution in [3.63, 3.8) is 0 Å². The van der Waals surface area contributed by atoms with Crippen LogP contribution in [-0.4, -0.2) is 23.9 Å². The predicted octanol–water partition coefficient (Wildman–Crippen LogP) is 4.06. The molecule has 4 heteroatoms. The number of aldehydes is 1. The zero-order valence-electron chi connectivity index (χ0n) is 12.2. The molecular formula is C15H24N2OS. The number of aromatic nitrogens is 1. The van der Waals surface area contributed by atoms with Gasteiger partial charge in [-0.05, 0) is 32.1 Å². The topological polar surface area (TPSA) is 33.2 Å². The van der Waals surface area contributed by atoms with Crippen LogP contribution in [0.25, 0.3) is 0 Å². The quantitative estimate of drug-likeness (QED) is 0.737. The van der Waals surface area contributed by atoms with Crippen LogP contribution in [0.4, 0.5) is 5.13 Å². The molecule has 1 aliphatic rings. The van der Waals surface area contributed by atoms with Gasteiger partial charge in [-0.3, -0.25) is 4.79 Å². The van der Waals surface area contributed by atoms with E-state index in [-0.39, 0.29) is 0 Å². The Morgan fingerprint density at radius 3 is 2.63 bits per heavy atom. The van der Waals surface area contributed by atoms with Gasteiger partial charge in [-0.2, -0.15) is 0 Å². The van der Waals surface area contributed by atoms with Gasteiger partial charge >= 0.3 is 0 Å². The third-order valence-electron chi connectivity index (χ3n) is 3.89. The molecule has 19 heavy (non-hydrogen) atoms. The Hall–Kier alpha value is -0.900. The summed E-state index contributed by atoms with van der Waals surface area (Å²) < 4.78 is 0. The number of carbonyl (C=O) groups is 1.